The van der Waals surface area contributed by atoms with Crippen molar-refractivity contribution in [2.24, 2.45) is 0 Å². The molecule has 1 aliphatic rings. The number of pyridine rings is 1. The van der Waals surface area contributed by atoms with Crippen molar-refractivity contribution in [2.45, 2.75) is 25.8 Å². The van der Waals surface area contributed by atoms with E-state index in [1.165, 1.54) is 12.8 Å². The van der Waals surface area contributed by atoms with E-state index in [1.807, 2.05) is 36.5 Å². The normalized spacial score (nSPS) is 13.5. The third-order valence-electron chi connectivity index (χ3n) is 4.57. The highest BCUT2D eigenvalue weighted by molar-refractivity contribution is 5.73. The summed E-state index contributed by atoms with van der Waals surface area (Å²) in [6.45, 7) is 3.17. The Morgan fingerprint density at radius 3 is 2.81 bits per heavy atom. The number of nitrogens with zero attached hydrogens (tertiary/aromatic N) is 2. The minimum atomic E-state index is -0.167. The zero-order valence-corrected chi connectivity index (χ0v) is 15.2. The molecule has 1 aromatic carbocycles. The fourth-order valence-corrected chi connectivity index (χ4v) is 3.15. The number of para-hydroxylation sites is 1. The van der Waals surface area contributed by atoms with Crippen molar-refractivity contribution in [2.75, 3.05) is 31.6 Å². The number of carbonyl (C=O) groups is 1. The molecule has 0 atom stereocenters. The van der Waals surface area contributed by atoms with Crippen LogP contribution in [0.3, 0.4) is 0 Å². The van der Waals surface area contributed by atoms with Crippen LogP contribution in [-0.4, -0.2) is 37.8 Å². The molecular weight excluding hydrogens is 328 g/mol. The summed E-state index contributed by atoms with van der Waals surface area (Å²) in [6, 6.07) is 11.7. The van der Waals surface area contributed by atoms with E-state index < -0.39 is 0 Å². The molecule has 26 heavy (non-hydrogen) atoms. The first-order valence-corrected chi connectivity index (χ1v) is 9.10. The van der Waals surface area contributed by atoms with Crippen molar-refractivity contribution >= 4 is 11.8 Å². The van der Waals surface area contributed by atoms with E-state index in [0.717, 1.165) is 42.2 Å². The zero-order chi connectivity index (χ0) is 18.2. The standard InChI is InChI=1S/C20H26N4O2/c1-26-18-7-3-2-6-17(18)9-11-22-20(25)23-15-16-8-10-21-19(14-16)24-12-4-5-13-24/h2-3,6-8,10,14H,4-5,9,11-13,15H2,1H3,(H2,22,23,25). The molecule has 1 fully saturated rings. The molecule has 138 valence electrons. The SMILES string of the molecule is COc1ccccc1CCNC(=O)NCc1ccnc(N2CCCC2)c1. The molecule has 0 aliphatic carbocycles. The summed E-state index contributed by atoms with van der Waals surface area (Å²) >= 11 is 0. The quantitative estimate of drug-likeness (QED) is 0.802. The maximum atomic E-state index is 12.0. The van der Waals surface area contributed by atoms with Gasteiger partial charge >= 0.3 is 6.03 Å². The first-order valence-electron chi connectivity index (χ1n) is 9.10. The Hall–Kier alpha value is -2.76. The molecule has 0 bridgehead atoms. The van der Waals surface area contributed by atoms with Gasteiger partial charge in [-0.25, -0.2) is 9.78 Å². The third-order valence-corrected chi connectivity index (χ3v) is 4.57. The Kier molecular flexibility index (Phi) is 6.30. The molecule has 0 radical (unpaired) electrons. The number of anilines is 1. The van der Waals surface area contributed by atoms with E-state index in [1.54, 1.807) is 7.11 Å². The highest BCUT2D eigenvalue weighted by Gasteiger charge is 2.13. The monoisotopic (exact) mass is 354 g/mol. The molecular formula is C20H26N4O2. The van der Waals surface area contributed by atoms with Crippen molar-refractivity contribution in [1.82, 2.24) is 15.6 Å². The lowest BCUT2D eigenvalue weighted by Gasteiger charge is -2.17. The first kappa shape index (κ1) is 18.0. The zero-order valence-electron chi connectivity index (χ0n) is 15.2. The Morgan fingerprint density at radius 1 is 1.19 bits per heavy atom. The molecule has 2 heterocycles. The maximum Gasteiger partial charge on any atom is 0.315 e. The van der Waals surface area contributed by atoms with Crippen LogP contribution < -0.4 is 20.3 Å². The van der Waals surface area contributed by atoms with Crippen LogP contribution in [0.15, 0.2) is 42.6 Å². The second-order valence-corrected chi connectivity index (χ2v) is 6.39. The van der Waals surface area contributed by atoms with Crippen LogP contribution in [0.2, 0.25) is 0 Å². The van der Waals surface area contributed by atoms with Crippen LogP contribution in [0.4, 0.5) is 10.6 Å². The number of hydrogen-bond donors (Lipinski definition) is 2. The molecule has 1 aromatic heterocycles. The molecule has 2 aromatic rings. The molecule has 0 spiro atoms. The molecule has 2 amide bonds. The van der Waals surface area contributed by atoms with Gasteiger partial charge in [0.2, 0.25) is 0 Å². The van der Waals surface area contributed by atoms with Gasteiger partial charge in [-0.3, -0.25) is 0 Å². The van der Waals surface area contributed by atoms with Gasteiger partial charge in [0.25, 0.3) is 0 Å². The van der Waals surface area contributed by atoms with Gasteiger partial charge in [0.05, 0.1) is 7.11 Å². The van der Waals surface area contributed by atoms with Crippen LogP contribution >= 0.6 is 0 Å². The smallest absolute Gasteiger partial charge is 0.315 e. The summed E-state index contributed by atoms with van der Waals surface area (Å²) in [4.78, 5) is 18.7. The van der Waals surface area contributed by atoms with Crippen molar-refractivity contribution < 1.29 is 9.53 Å². The van der Waals surface area contributed by atoms with E-state index in [4.69, 9.17) is 4.74 Å². The number of methoxy groups -OCH3 is 1. The van der Waals surface area contributed by atoms with Crippen LogP contribution in [0.1, 0.15) is 24.0 Å². The average Bonchev–Trinajstić information content (AvgIpc) is 3.22. The number of carbonyl (C=O) groups excluding carboxylic acids is 1. The van der Waals surface area contributed by atoms with Gasteiger partial charge in [-0.1, -0.05) is 18.2 Å². The molecule has 1 saturated heterocycles. The number of benzene rings is 1. The largest absolute Gasteiger partial charge is 0.496 e. The number of rotatable bonds is 7. The Morgan fingerprint density at radius 2 is 2.00 bits per heavy atom. The van der Waals surface area contributed by atoms with Gasteiger partial charge in [0.15, 0.2) is 0 Å². The molecule has 2 N–H and O–H groups in total. The molecule has 6 nitrogen and oxygen atoms in total. The number of nitrogens with one attached hydrogen (secondary N) is 2. The minimum absolute atomic E-state index is 0.167. The van der Waals surface area contributed by atoms with Gasteiger partial charge in [0, 0.05) is 32.4 Å². The van der Waals surface area contributed by atoms with E-state index >= 15 is 0 Å². The lowest BCUT2D eigenvalue weighted by Crippen LogP contribution is -2.36. The topological polar surface area (TPSA) is 66.5 Å². The second kappa shape index (κ2) is 9.08. The van der Waals surface area contributed by atoms with Gasteiger partial charge in [-0.05, 0) is 48.6 Å². The molecule has 0 saturated carbocycles. The summed E-state index contributed by atoms with van der Waals surface area (Å²) in [7, 11) is 1.66. The predicted molar refractivity (Wildman–Crippen MR) is 103 cm³/mol. The summed E-state index contributed by atoms with van der Waals surface area (Å²) < 4.78 is 5.32. The average molecular weight is 354 g/mol. The van der Waals surface area contributed by atoms with Crippen LogP contribution in [-0.2, 0) is 13.0 Å². The fraction of sp³-hybridized carbons (Fsp3) is 0.400. The number of amides is 2. The number of ether oxygens (including phenoxy) is 1. The van der Waals surface area contributed by atoms with E-state index in [9.17, 15) is 4.79 Å². The van der Waals surface area contributed by atoms with Crippen molar-refractivity contribution in [3.8, 4) is 5.75 Å². The Balaban J connectivity index is 1.43. The van der Waals surface area contributed by atoms with Gasteiger partial charge < -0.3 is 20.3 Å². The highest BCUT2D eigenvalue weighted by atomic mass is 16.5. The third kappa shape index (κ3) is 4.88. The predicted octanol–water partition coefficient (Wildman–Crippen LogP) is 2.73. The van der Waals surface area contributed by atoms with Gasteiger partial charge in [-0.15, -0.1) is 0 Å². The molecule has 3 rings (SSSR count). The Labute approximate surface area is 154 Å². The Bertz CT molecular complexity index is 729. The summed E-state index contributed by atoms with van der Waals surface area (Å²) in [6.07, 6.45) is 4.98. The van der Waals surface area contributed by atoms with Crippen LogP contribution in [0.5, 0.6) is 5.75 Å². The van der Waals surface area contributed by atoms with Gasteiger partial charge in [-0.2, -0.15) is 0 Å². The number of urea groups is 1. The number of aromatic nitrogens is 1. The molecule has 0 unspecified atom stereocenters. The second-order valence-electron chi connectivity index (χ2n) is 6.39. The fourth-order valence-electron chi connectivity index (χ4n) is 3.15. The molecule has 6 heteroatoms. The maximum absolute atomic E-state index is 12.0. The molecule has 1 aliphatic heterocycles. The van der Waals surface area contributed by atoms with E-state index in [0.29, 0.717) is 13.1 Å². The minimum Gasteiger partial charge on any atom is -0.496 e. The lowest BCUT2D eigenvalue weighted by molar-refractivity contribution is 0.240. The number of hydrogen-bond acceptors (Lipinski definition) is 4. The van der Waals surface area contributed by atoms with Crippen molar-refractivity contribution in [3.63, 3.8) is 0 Å². The highest BCUT2D eigenvalue weighted by Crippen LogP contribution is 2.18. The summed E-state index contributed by atoms with van der Waals surface area (Å²) in [5.41, 5.74) is 2.14. The summed E-state index contributed by atoms with van der Waals surface area (Å²) in [5, 5.41) is 5.79. The lowest BCUT2D eigenvalue weighted by atomic mass is 10.1. The van der Waals surface area contributed by atoms with Gasteiger partial charge in [0.1, 0.15) is 11.6 Å². The summed E-state index contributed by atoms with van der Waals surface area (Å²) in [5.74, 6) is 1.85. The first-order chi connectivity index (χ1) is 12.8. The van der Waals surface area contributed by atoms with Crippen LogP contribution in [0, 0.1) is 0 Å². The van der Waals surface area contributed by atoms with E-state index in [2.05, 4.69) is 26.6 Å². The van der Waals surface area contributed by atoms with Crippen LogP contribution in [0.25, 0.3) is 0 Å². The van der Waals surface area contributed by atoms with E-state index in [-0.39, 0.29) is 6.03 Å². The van der Waals surface area contributed by atoms with Crippen molar-refractivity contribution in [3.05, 3.63) is 53.7 Å². The van der Waals surface area contributed by atoms with Crippen molar-refractivity contribution in [1.29, 1.82) is 0 Å².